The Hall–Kier alpha value is -4.06. The van der Waals surface area contributed by atoms with E-state index >= 15 is 0 Å². The molecule has 2 rings (SSSR count). The number of amides is 2. The number of anilines is 1. The van der Waals surface area contributed by atoms with Crippen LogP contribution < -0.4 is 25.0 Å². The standard InChI is InChI=1S/C20H20N4O5/c1-27-16-10-14(11-17(28-2)18(16)29-3)12-22-24-20(26)19(25)23-15-6-4-13(5-7-15)8-9-21/h4-7,10-12H,8H2,1-3H3,(H,23,25)(H,24,26)/b22-12+. The van der Waals surface area contributed by atoms with Gasteiger partial charge in [-0.2, -0.15) is 10.4 Å². The van der Waals surface area contributed by atoms with Crippen LogP contribution in [-0.4, -0.2) is 39.4 Å². The van der Waals surface area contributed by atoms with Crippen molar-refractivity contribution in [2.75, 3.05) is 26.6 Å². The Bertz CT molecular complexity index is 923. The number of benzene rings is 2. The van der Waals surface area contributed by atoms with E-state index in [2.05, 4.69) is 15.8 Å². The fourth-order valence-electron chi connectivity index (χ4n) is 2.38. The van der Waals surface area contributed by atoms with Crippen molar-refractivity contribution in [2.24, 2.45) is 5.10 Å². The number of nitrogens with zero attached hydrogens (tertiary/aromatic N) is 2. The molecule has 0 aliphatic rings. The molecule has 0 spiro atoms. The summed E-state index contributed by atoms with van der Waals surface area (Å²) in [6.07, 6.45) is 1.61. The number of carbonyl (C=O) groups is 2. The van der Waals surface area contributed by atoms with E-state index in [1.54, 1.807) is 36.4 Å². The van der Waals surface area contributed by atoms with Crippen molar-refractivity contribution < 1.29 is 23.8 Å². The number of methoxy groups -OCH3 is 3. The third kappa shape index (κ3) is 5.71. The molecular formula is C20H20N4O5. The van der Waals surface area contributed by atoms with E-state index in [0.717, 1.165) is 5.56 Å². The van der Waals surface area contributed by atoms with E-state index in [1.165, 1.54) is 27.5 Å². The summed E-state index contributed by atoms with van der Waals surface area (Å²) in [5.41, 5.74) is 3.95. The topological polar surface area (TPSA) is 122 Å². The Labute approximate surface area is 167 Å². The van der Waals surface area contributed by atoms with Gasteiger partial charge in [-0.1, -0.05) is 12.1 Å². The lowest BCUT2D eigenvalue weighted by Gasteiger charge is -2.12. The number of carbonyl (C=O) groups excluding carboxylic acids is 2. The molecule has 0 heterocycles. The maximum atomic E-state index is 11.9. The van der Waals surface area contributed by atoms with Gasteiger partial charge in [0, 0.05) is 11.3 Å². The molecule has 2 N–H and O–H groups in total. The summed E-state index contributed by atoms with van der Waals surface area (Å²) >= 11 is 0. The average Bonchev–Trinajstić information content (AvgIpc) is 2.74. The summed E-state index contributed by atoms with van der Waals surface area (Å²) in [5.74, 6) is -0.527. The van der Waals surface area contributed by atoms with Crippen LogP contribution in [0.25, 0.3) is 0 Å². The fourth-order valence-corrected chi connectivity index (χ4v) is 2.38. The normalized spacial score (nSPS) is 10.1. The molecule has 0 saturated carbocycles. The van der Waals surface area contributed by atoms with Crippen LogP contribution in [0.2, 0.25) is 0 Å². The highest BCUT2D eigenvalue weighted by molar-refractivity contribution is 6.39. The summed E-state index contributed by atoms with van der Waals surface area (Å²) in [6.45, 7) is 0. The summed E-state index contributed by atoms with van der Waals surface area (Å²) in [7, 11) is 4.46. The van der Waals surface area contributed by atoms with Gasteiger partial charge in [0.2, 0.25) is 5.75 Å². The van der Waals surface area contributed by atoms with E-state index in [9.17, 15) is 9.59 Å². The summed E-state index contributed by atoms with van der Waals surface area (Å²) in [4.78, 5) is 23.8. The monoisotopic (exact) mass is 396 g/mol. The minimum Gasteiger partial charge on any atom is -0.493 e. The summed E-state index contributed by atoms with van der Waals surface area (Å²) < 4.78 is 15.7. The Morgan fingerprint density at radius 3 is 2.17 bits per heavy atom. The Balaban J connectivity index is 1.99. The van der Waals surface area contributed by atoms with E-state index in [4.69, 9.17) is 19.5 Å². The van der Waals surface area contributed by atoms with Gasteiger partial charge in [-0.3, -0.25) is 9.59 Å². The number of nitriles is 1. The Kier molecular flexibility index (Phi) is 7.56. The number of hydrogen-bond acceptors (Lipinski definition) is 7. The summed E-state index contributed by atoms with van der Waals surface area (Å²) in [6, 6.07) is 11.9. The Morgan fingerprint density at radius 2 is 1.66 bits per heavy atom. The second-order valence-electron chi connectivity index (χ2n) is 5.64. The highest BCUT2D eigenvalue weighted by Gasteiger charge is 2.14. The lowest BCUT2D eigenvalue weighted by Crippen LogP contribution is -2.32. The van der Waals surface area contributed by atoms with Crippen LogP contribution in [0.1, 0.15) is 11.1 Å². The average molecular weight is 396 g/mol. The molecule has 2 aromatic carbocycles. The van der Waals surface area contributed by atoms with Crippen molar-refractivity contribution in [1.29, 1.82) is 5.26 Å². The number of nitrogens with one attached hydrogen (secondary N) is 2. The molecule has 150 valence electrons. The molecule has 9 heteroatoms. The highest BCUT2D eigenvalue weighted by atomic mass is 16.5. The SMILES string of the molecule is COc1cc(/C=N/NC(=O)C(=O)Nc2ccc(CC#N)cc2)cc(OC)c1OC. The van der Waals surface area contributed by atoms with Crippen LogP contribution in [0.5, 0.6) is 17.2 Å². The third-order valence-corrected chi connectivity index (χ3v) is 3.77. The van der Waals surface area contributed by atoms with Gasteiger partial charge < -0.3 is 19.5 Å². The predicted molar refractivity (Wildman–Crippen MR) is 106 cm³/mol. The van der Waals surface area contributed by atoms with Crippen molar-refractivity contribution in [3.63, 3.8) is 0 Å². The maximum Gasteiger partial charge on any atom is 0.329 e. The lowest BCUT2D eigenvalue weighted by molar-refractivity contribution is -0.136. The van der Waals surface area contributed by atoms with Gasteiger partial charge in [0.05, 0.1) is 40.0 Å². The molecule has 0 radical (unpaired) electrons. The van der Waals surface area contributed by atoms with Gasteiger partial charge >= 0.3 is 11.8 Å². The number of hydrazone groups is 1. The van der Waals surface area contributed by atoms with Gasteiger partial charge in [0.15, 0.2) is 11.5 Å². The maximum absolute atomic E-state index is 11.9. The number of rotatable bonds is 7. The van der Waals surface area contributed by atoms with Crippen LogP contribution in [0, 0.1) is 11.3 Å². The molecule has 0 saturated heterocycles. The molecule has 2 aromatic rings. The first kappa shape index (κ1) is 21.2. The molecular weight excluding hydrogens is 376 g/mol. The molecule has 9 nitrogen and oxygen atoms in total. The van der Waals surface area contributed by atoms with Gasteiger partial charge in [-0.05, 0) is 29.8 Å². The molecule has 0 aromatic heterocycles. The second kappa shape index (κ2) is 10.3. The van der Waals surface area contributed by atoms with E-state index < -0.39 is 11.8 Å². The van der Waals surface area contributed by atoms with Crippen molar-refractivity contribution in [1.82, 2.24) is 5.43 Å². The molecule has 0 bridgehead atoms. The van der Waals surface area contributed by atoms with Crippen molar-refractivity contribution in [2.45, 2.75) is 6.42 Å². The molecule has 0 aliphatic carbocycles. The molecule has 0 atom stereocenters. The van der Waals surface area contributed by atoms with Crippen LogP contribution in [-0.2, 0) is 16.0 Å². The molecule has 0 fully saturated rings. The van der Waals surface area contributed by atoms with Crippen molar-refractivity contribution in [3.8, 4) is 23.3 Å². The third-order valence-electron chi connectivity index (χ3n) is 3.77. The first-order valence-electron chi connectivity index (χ1n) is 8.42. The summed E-state index contributed by atoms with van der Waals surface area (Å²) in [5, 5.41) is 14.9. The minimum absolute atomic E-state index is 0.268. The molecule has 29 heavy (non-hydrogen) atoms. The van der Waals surface area contributed by atoms with E-state index in [0.29, 0.717) is 28.5 Å². The molecule has 0 aliphatic heterocycles. The fraction of sp³-hybridized carbons (Fsp3) is 0.200. The van der Waals surface area contributed by atoms with E-state index in [1.807, 2.05) is 6.07 Å². The Morgan fingerprint density at radius 1 is 1.03 bits per heavy atom. The highest BCUT2D eigenvalue weighted by Crippen LogP contribution is 2.37. The van der Waals surface area contributed by atoms with E-state index in [-0.39, 0.29) is 6.42 Å². The zero-order chi connectivity index (χ0) is 21.2. The van der Waals surface area contributed by atoms with Crippen LogP contribution >= 0.6 is 0 Å². The van der Waals surface area contributed by atoms with Crippen LogP contribution in [0.3, 0.4) is 0 Å². The quantitative estimate of drug-likeness (QED) is 0.419. The first-order valence-corrected chi connectivity index (χ1v) is 8.42. The number of hydrogen-bond donors (Lipinski definition) is 2. The van der Waals surface area contributed by atoms with Crippen LogP contribution in [0.15, 0.2) is 41.5 Å². The van der Waals surface area contributed by atoms with Crippen molar-refractivity contribution >= 4 is 23.7 Å². The van der Waals surface area contributed by atoms with Crippen molar-refractivity contribution in [3.05, 3.63) is 47.5 Å². The van der Waals surface area contributed by atoms with Gasteiger partial charge in [0.1, 0.15) is 0 Å². The number of ether oxygens (including phenoxy) is 3. The minimum atomic E-state index is -0.935. The smallest absolute Gasteiger partial charge is 0.329 e. The zero-order valence-corrected chi connectivity index (χ0v) is 16.2. The lowest BCUT2D eigenvalue weighted by atomic mass is 10.1. The largest absolute Gasteiger partial charge is 0.493 e. The van der Waals surface area contributed by atoms with Gasteiger partial charge in [-0.25, -0.2) is 5.43 Å². The predicted octanol–water partition coefficient (Wildman–Crippen LogP) is 1.87. The zero-order valence-electron chi connectivity index (χ0n) is 16.2. The van der Waals surface area contributed by atoms with Gasteiger partial charge in [0.25, 0.3) is 0 Å². The van der Waals surface area contributed by atoms with Gasteiger partial charge in [-0.15, -0.1) is 0 Å². The van der Waals surface area contributed by atoms with Crippen LogP contribution in [0.4, 0.5) is 5.69 Å². The molecule has 2 amide bonds. The molecule has 0 unspecified atom stereocenters. The second-order valence-corrected chi connectivity index (χ2v) is 5.64. The first-order chi connectivity index (χ1) is 14.0.